The van der Waals surface area contributed by atoms with Crippen molar-refractivity contribution in [2.75, 3.05) is 5.32 Å². The monoisotopic (exact) mass is 253 g/mol. The highest BCUT2D eigenvalue weighted by Gasteiger charge is 2.07. The van der Waals surface area contributed by atoms with Crippen LogP contribution >= 0.6 is 0 Å². The van der Waals surface area contributed by atoms with Crippen LogP contribution in [-0.2, 0) is 6.61 Å². The number of aliphatic hydroxyl groups excluding tert-OH is 1. The Labute approximate surface area is 110 Å². The van der Waals surface area contributed by atoms with Gasteiger partial charge in [0.2, 0.25) is 0 Å². The molecule has 0 aliphatic rings. The van der Waals surface area contributed by atoms with Crippen LogP contribution in [0.5, 0.6) is 0 Å². The smallest absolute Gasteiger partial charge is 0.274 e. The number of nitriles is 1. The summed E-state index contributed by atoms with van der Waals surface area (Å²) in [7, 11) is 0. The van der Waals surface area contributed by atoms with E-state index < -0.39 is 0 Å². The SMILES string of the molecule is N#Cc1ccc(C(=O)Nc2ccc(CO)cc2)nc1. The highest BCUT2D eigenvalue weighted by Crippen LogP contribution is 2.11. The summed E-state index contributed by atoms with van der Waals surface area (Å²) in [6, 6.07) is 11.8. The number of pyridine rings is 1. The lowest BCUT2D eigenvalue weighted by atomic mass is 10.2. The number of nitrogens with zero attached hydrogens (tertiary/aromatic N) is 2. The van der Waals surface area contributed by atoms with Crippen molar-refractivity contribution in [3.05, 3.63) is 59.4 Å². The Hall–Kier alpha value is -2.71. The van der Waals surface area contributed by atoms with Crippen LogP contribution in [0.25, 0.3) is 0 Å². The second kappa shape index (κ2) is 5.76. The third-order valence-corrected chi connectivity index (χ3v) is 2.52. The molecule has 2 rings (SSSR count). The summed E-state index contributed by atoms with van der Waals surface area (Å²) < 4.78 is 0. The van der Waals surface area contributed by atoms with Gasteiger partial charge in [0.1, 0.15) is 11.8 Å². The van der Waals surface area contributed by atoms with Gasteiger partial charge in [-0.3, -0.25) is 4.79 Å². The quantitative estimate of drug-likeness (QED) is 0.871. The van der Waals surface area contributed by atoms with E-state index in [4.69, 9.17) is 10.4 Å². The van der Waals surface area contributed by atoms with Gasteiger partial charge < -0.3 is 10.4 Å². The maximum atomic E-state index is 11.9. The largest absolute Gasteiger partial charge is 0.392 e. The van der Waals surface area contributed by atoms with Gasteiger partial charge in [0.05, 0.1) is 12.2 Å². The highest BCUT2D eigenvalue weighted by atomic mass is 16.3. The van der Waals surface area contributed by atoms with Crippen molar-refractivity contribution in [1.29, 1.82) is 5.26 Å². The van der Waals surface area contributed by atoms with Gasteiger partial charge in [0, 0.05) is 11.9 Å². The average Bonchev–Trinajstić information content (AvgIpc) is 2.48. The molecule has 0 aliphatic carbocycles. The zero-order valence-electron chi connectivity index (χ0n) is 10.00. The Morgan fingerprint density at radius 3 is 2.53 bits per heavy atom. The minimum Gasteiger partial charge on any atom is -0.392 e. The van der Waals surface area contributed by atoms with Gasteiger partial charge in [-0.15, -0.1) is 0 Å². The molecule has 1 heterocycles. The van der Waals surface area contributed by atoms with Gasteiger partial charge in [-0.05, 0) is 29.8 Å². The molecule has 0 fully saturated rings. The van der Waals surface area contributed by atoms with E-state index in [9.17, 15) is 4.79 Å². The molecule has 0 bridgehead atoms. The lowest BCUT2D eigenvalue weighted by molar-refractivity contribution is 0.102. The van der Waals surface area contributed by atoms with E-state index in [-0.39, 0.29) is 18.2 Å². The molecule has 0 atom stereocenters. The third kappa shape index (κ3) is 3.15. The third-order valence-electron chi connectivity index (χ3n) is 2.52. The summed E-state index contributed by atoms with van der Waals surface area (Å²) in [6.45, 7) is -0.0363. The maximum absolute atomic E-state index is 11.9. The summed E-state index contributed by atoms with van der Waals surface area (Å²) in [4.78, 5) is 15.8. The van der Waals surface area contributed by atoms with Gasteiger partial charge >= 0.3 is 0 Å². The first-order chi connectivity index (χ1) is 9.22. The second-order valence-corrected chi connectivity index (χ2v) is 3.85. The molecular formula is C14H11N3O2. The highest BCUT2D eigenvalue weighted by molar-refractivity contribution is 6.02. The number of hydrogen-bond acceptors (Lipinski definition) is 4. The predicted octanol–water partition coefficient (Wildman–Crippen LogP) is 1.70. The fourth-order valence-corrected chi connectivity index (χ4v) is 1.48. The van der Waals surface area contributed by atoms with E-state index in [2.05, 4.69) is 10.3 Å². The van der Waals surface area contributed by atoms with E-state index in [1.54, 1.807) is 24.3 Å². The number of aromatic nitrogens is 1. The first-order valence-corrected chi connectivity index (χ1v) is 5.60. The molecule has 0 saturated carbocycles. The van der Waals surface area contributed by atoms with E-state index >= 15 is 0 Å². The Balaban J connectivity index is 2.09. The van der Waals surface area contributed by atoms with Crippen LogP contribution in [0.1, 0.15) is 21.6 Å². The fourth-order valence-electron chi connectivity index (χ4n) is 1.48. The Bertz CT molecular complexity index is 613. The number of hydrogen-bond donors (Lipinski definition) is 2. The van der Waals surface area contributed by atoms with Crippen molar-refractivity contribution in [3.8, 4) is 6.07 Å². The van der Waals surface area contributed by atoms with Gasteiger partial charge in [0.25, 0.3) is 5.91 Å². The van der Waals surface area contributed by atoms with Crippen molar-refractivity contribution in [1.82, 2.24) is 4.98 Å². The van der Waals surface area contributed by atoms with Gasteiger partial charge in [-0.25, -0.2) is 4.98 Å². The van der Waals surface area contributed by atoms with Crippen molar-refractivity contribution in [3.63, 3.8) is 0 Å². The first kappa shape index (κ1) is 12.7. The van der Waals surface area contributed by atoms with Crippen LogP contribution in [0.4, 0.5) is 5.69 Å². The van der Waals surface area contributed by atoms with Crippen LogP contribution in [0.3, 0.4) is 0 Å². The molecule has 0 aliphatic heterocycles. The Kier molecular flexibility index (Phi) is 3.86. The number of carbonyl (C=O) groups excluding carboxylic acids is 1. The summed E-state index contributed by atoms with van der Waals surface area (Å²) in [5, 5.41) is 20.2. The number of benzene rings is 1. The molecule has 5 nitrogen and oxygen atoms in total. The van der Waals surface area contributed by atoms with E-state index in [1.165, 1.54) is 18.3 Å². The number of carbonyl (C=O) groups is 1. The van der Waals surface area contributed by atoms with E-state index in [1.807, 2.05) is 6.07 Å². The number of aliphatic hydroxyl groups is 1. The maximum Gasteiger partial charge on any atom is 0.274 e. The van der Waals surface area contributed by atoms with Crippen molar-refractivity contribution < 1.29 is 9.90 Å². The molecule has 1 amide bonds. The molecule has 0 unspecified atom stereocenters. The summed E-state index contributed by atoms with van der Waals surface area (Å²) in [5.74, 6) is -0.346. The summed E-state index contributed by atoms with van der Waals surface area (Å²) in [6.07, 6.45) is 1.35. The Morgan fingerprint density at radius 1 is 1.26 bits per heavy atom. The number of amides is 1. The van der Waals surface area contributed by atoms with Crippen molar-refractivity contribution in [2.24, 2.45) is 0 Å². The first-order valence-electron chi connectivity index (χ1n) is 5.60. The topological polar surface area (TPSA) is 86.0 Å². The molecule has 2 N–H and O–H groups in total. The van der Waals surface area contributed by atoms with Crippen LogP contribution < -0.4 is 5.32 Å². The van der Waals surface area contributed by atoms with Crippen LogP contribution in [0.15, 0.2) is 42.6 Å². The standard InChI is InChI=1S/C14H11N3O2/c15-7-11-3-6-13(16-8-11)14(19)17-12-4-1-10(9-18)2-5-12/h1-6,8,18H,9H2,(H,17,19). The minimum absolute atomic E-state index is 0.0363. The van der Waals surface area contributed by atoms with Gasteiger partial charge in [-0.2, -0.15) is 5.26 Å². The molecule has 2 aromatic rings. The molecule has 0 saturated heterocycles. The Morgan fingerprint density at radius 2 is 2.00 bits per heavy atom. The number of nitrogens with one attached hydrogen (secondary N) is 1. The lowest BCUT2D eigenvalue weighted by Crippen LogP contribution is -2.13. The van der Waals surface area contributed by atoms with Crippen molar-refractivity contribution >= 4 is 11.6 Å². The molecule has 1 aromatic heterocycles. The lowest BCUT2D eigenvalue weighted by Gasteiger charge is -2.05. The molecule has 5 heteroatoms. The van der Waals surface area contributed by atoms with E-state index in [0.717, 1.165) is 5.56 Å². The van der Waals surface area contributed by atoms with Crippen LogP contribution in [-0.4, -0.2) is 16.0 Å². The zero-order chi connectivity index (χ0) is 13.7. The normalized spacial score (nSPS) is 9.68. The van der Waals surface area contributed by atoms with Crippen molar-refractivity contribution in [2.45, 2.75) is 6.61 Å². The second-order valence-electron chi connectivity index (χ2n) is 3.85. The molecule has 1 aromatic carbocycles. The van der Waals surface area contributed by atoms with Gasteiger partial charge in [0.15, 0.2) is 0 Å². The number of anilines is 1. The molecule has 0 spiro atoms. The average molecular weight is 253 g/mol. The van der Waals surface area contributed by atoms with Crippen LogP contribution in [0.2, 0.25) is 0 Å². The van der Waals surface area contributed by atoms with Crippen LogP contribution in [0, 0.1) is 11.3 Å². The van der Waals surface area contributed by atoms with E-state index in [0.29, 0.717) is 11.3 Å². The predicted molar refractivity (Wildman–Crippen MR) is 69.3 cm³/mol. The molecular weight excluding hydrogens is 242 g/mol. The fraction of sp³-hybridized carbons (Fsp3) is 0.0714. The minimum atomic E-state index is -0.346. The number of rotatable bonds is 3. The molecule has 19 heavy (non-hydrogen) atoms. The molecule has 94 valence electrons. The summed E-state index contributed by atoms with van der Waals surface area (Å²) >= 11 is 0. The zero-order valence-corrected chi connectivity index (χ0v) is 10.00. The molecule has 0 radical (unpaired) electrons. The summed E-state index contributed by atoms with van der Waals surface area (Å²) in [5.41, 5.74) is 2.04. The van der Waals surface area contributed by atoms with Gasteiger partial charge in [-0.1, -0.05) is 12.1 Å².